The molecule has 1 aromatic heterocycles. The van der Waals surface area contributed by atoms with Gasteiger partial charge in [0.2, 0.25) is 11.8 Å². The summed E-state index contributed by atoms with van der Waals surface area (Å²) < 4.78 is 10.7. The van der Waals surface area contributed by atoms with E-state index < -0.39 is 5.92 Å². The van der Waals surface area contributed by atoms with Gasteiger partial charge in [0.25, 0.3) is 0 Å². The Bertz CT molecular complexity index is 1180. The molecular weight excluding hydrogens is 464 g/mol. The van der Waals surface area contributed by atoms with E-state index in [0.717, 1.165) is 60.4 Å². The number of nitrogens with zero attached hydrogens (tertiary/aromatic N) is 3. The van der Waals surface area contributed by atoms with Crippen LogP contribution in [-0.4, -0.2) is 61.7 Å². The Morgan fingerprint density at radius 3 is 2.60 bits per heavy atom. The number of benzene rings is 2. The highest BCUT2D eigenvalue weighted by Crippen LogP contribution is 2.33. The number of hydrogen-bond donors (Lipinski definition) is 1. The van der Waals surface area contributed by atoms with Crippen LogP contribution in [0, 0.1) is 5.92 Å². The van der Waals surface area contributed by atoms with E-state index >= 15 is 0 Å². The molecule has 0 radical (unpaired) electrons. The molecule has 3 heterocycles. The molecule has 1 atom stereocenters. The van der Waals surface area contributed by atoms with Crippen LogP contribution in [0.4, 0.5) is 10.8 Å². The predicted molar refractivity (Wildman–Crippen MR) is 136 cm³/mol. The highest BCUT2D eigenvalue weighted by Gasteiger charge is 2.35. The molecule has 2 aromatic carbocycles. The Balaban J connectivity index is 1.31. The zero-order chi connectivity index (χ0) is 24.2. The Morgan fingerprint density at radius 1 is 1.14 bits per heavy atom. The van der Waals surface area contributed by atoms with Crippen LogP contribution >= 0.6 is 11.3 Å². The van der Waals surface area contributed by atoms with Crippen molar-refractivity contribution >= 4 is 34.0 Å². The Morgan fingerprint density at radius 2 is 1.89 bits per heavy atom. The summed E-state index contributed by atoms with van der Waals surface area (Å²) in [5.41, 5.74) is 2.67. The Kier molecular flexibility index (Phi) is 7.08. The van der Waals surface area contributed by atoms with Crippen LogP contribution in [-0.2, 0) is 20.9 Å². The first-order chi connectivity index (χ1) is 17.1. The van der Waals surface area contributed by atoms with Crippen LogP contribution in [0.3, 0.4) is 0 Å². The minimum absolute atomic E-state index is 0.0626. The second-order valence-electron chi connectivity index (χ2n) is 8.64. The molecule has 0 bridgehead atoms. The third kappa shape index (κ3) is 5.37. The van der Waals surface area contributed by atoms with Gasteiger partial charge in [-0.25, -0.2) is 4.98 Å². The largest absolute Gasteiger partial charge is 0.497 e. The molecule has 3 aromatic rings. The summed E-state index contributed by atoms with van der Waals surface area (Å²) in [7, 11) is 1.60. The monoisotopic (exact) mass is 492 g/mol. The molecule has 2 amide bonds. The van der Waals surface area contributed by atoms with E-state index in [-0.39, 0.29) is 18.2 Å². The maximum Gasteiger partial charge on any atom is 0.231 e. The summed E-state index contributed by atoms with van der Waals surface area (Å²) >= 11 is 1.50. The second kappa shape index (κ2) is 10.6. The smallest absolute Gasteiger partial charge is 0.231 e. The number of nitrogens with one attached hydrogen (secondary N) is 1. The minimum atomic E-state index is -0.434. The van der Waals surface area contributed by atoms with Gasteiger partial charge in [0, 0.05) is 48.7 Å². The molecule has 2 aliphatic rings. The van der Waals surface area contributed by atoms with Crippen molar-refractivity contribution in [3.05, 3.63) is 59.5 Å². The molecule has 1 N–H and O–H groups in total. The topological polar surface area (TPSA) is 84.0 Å². The van der Waals surface area contributed by atoms with Crippen molar-refractivity contribution in [1.29, 1.82) is 0 Å². The zero-order valence-corrected chi connectivity index (χ0v) is 20.4. The molecule has 9 heteroatoms. The molecule has 5 rings (SSSR count). The fraction of sp³-hybridized carbons (Fsp3) is 0.346. The van der Waals surface area contributed by atoms with E-state index in [2.05, 4.69) is 10.2 Å². The van der Waals surface area contributed by atoms with E-state index in [1.165, 1.54) is 11.3 Å². The number of carbonyl (C=O) groups is 2. The fourth-order valence-corrected chi connectivity index (χ4v) is 5.43. The number of methoxy groups -OCH3 is 1. The molecule has 0 spiro atoms. The highest BCUT2D eigenvalue weighted by atomic mass is 32.1. The van der Waals surface area contributed by atoms with E-state index in [1.807, 2.05) is 54.6 Å². The lowest BCUT2D eigenvalue weighted by Crippen LogP contribution is -2.35. The first-order valence-corrected chi connectivity index (χ1v) is 12.5. The summed E-state index contributed by atoms with van der Waals surface area (Å²) in [5.74, 6) is 0.0463. The van der Waals surface area contributed by atoms with Crippen LogP contribution < -0.4 is 15.0 Å². The molecule has 2 saturated heterocycles. The number of thiazole rings is 1. The second-order valence-corrected chi connectivity index (χ2v) is 9.72. The summed E-state index contributed by atoms with van der Waals surface area (Å²) in [6.07, 6.45) is 0.176. The molecule has 0 aliphatic carbocycles. The molecule has 182 valence electrons. The standard InChI is InChI=1S/C26H28N4O4S/c1-33-21-9-7-20(8-10-21)30-16-19(15-23(30)31)25(32)28-26-27-24(18-5-3-2-4-6-18)22(35-26)17-29-11-13-34-14-12-29/h2-10,19H,11-17H2,1H3,(H,27,28,32). The quantitative estimate of drug-likeness (QED) is 0.542. The minimum Gasteiger partial charge on any atom is -0.497 e. The van der Waals surface area contributed by atoms with E-state index in [9.17, 15) is 9.59 Å². The maximum absolute atomic E-state index is 13.1. The summed E-state index contributed by atoms with van der Waals surface area (Å²) in [5, 5.41) is 3.55. The lowest BCUT2D eigenvalue weighted by molar-refractivity contribution is -0.122. The van der Waals surface area contributed by atoms with Gasteiger partial charge < -0.3 is 19.7 Å². The van der Waals surface area contributed by atoms with Crippen molar-refractivity contribution in [3.8, 4) is 17.0 Å². The van der Waals surface area contributed by atoms with Gasteiger partial charge in [-0.1, -0.05) is 41.7 Å². The van der Waals surface area contributed by atoms with Crippen LogP contribution in [0.5, 0.6) is 5.75 Å². The van der Waals surface area contributed by atoms with E-state index in [0.29, 0.717) is 11.7 Å². The number of carbonyl (C=O) groups excluding carboxylic acids is 2. The normalized spacial score (nSPS) is 18.6. The number of ether oxygens (including phenoxy) is 2. The van der Waals surface area contributed by atoms with Gasteiger partial charge in [-0.2, -0.15) is 0 Å². The van der Waals surface area contributed by atoms with Crippen molar-refractivity contribution in [2.75, 3.05) is 50.2 Å². The molecule has 8 nitrogen and oxygen atoms in total. The lowest BCUT2D eigenvalue weighted by atomic mass is 10.1. The van der Waals surface area contributed by atoms with Gasteiger partial charge in [-0.05, 0) is 24.3 Å². The van der Waals surface area contributed by atoms with Gasteiger partial charge >= 0.3 is 0 Å². The van der Waals surface area contributed by atoms with Crippen molar-refractivity contribution in [1.82, 2.24) is 9.88 Å². The summed E-state index contributed by atoms with van der Waals surface area (Å²) in [4.78, 5) is 35.7. The third-order valence-corrected chi connectivity index (χ3v) is 7.28. The van der Waals surface area contributed by atoms with Gasteiger partial charge in [0.15, 0.2) is 5.13 Å². The van der Waals surface area contributed by atoms with E-state index in [1.54, 1.807) is 12.0 Å². The SMILES string of the molecule is COc1ccc(N2CC(C(=O)Nc3nc(-c4ccccc4)c(CN4CCOCC4)s3)CC2=O)cc1. The Labute approximate surface area is 208 Å². The fourth-order valence-electron chi connectivity index (χ4n) is 4.40. The number of rotatable bonds is 7. The van der Waals surface area contributed by atoms with Gasteiger partial charge in [0.1, 0.15) is 5.75 Å². The average molecular weight is 493 g/mol. The number of amides is 2. The molecule has 2 aliphatic heterocycles. The van der Waals surface area contributed by atoms with Crippen molar-refractivity contribution in [2.24, 2.45) is 5.92 Å². The summed E-state index contributed by atoms with van der Waals surface area (Å²) in [6, 6.07) is 17.3. The Hall–Kier alpha value is -3.27. The third-order valence-electron chi connectivity index (χ3n) is 6.33. The average Bonchev–Trinajstić information content (AvgIpc) is 3.48. The van der Waals surface area contributed by atoms with E-state index in [4.69, 9.17) is 14.5 Å². The van der Waals surface area contributed by atoms with Crippen LogP contribution in [0.2, 0.25) is 0 Å². The van der Waals surface area contributed by atoms with Crippen LogP contribution in [0.25, 0.3) is 11.3 Å². The lowest BCUT2D eigenvalue weighted by Gasteiger charge is -2.26. The molecule has 1 unspecified atom stereocenters. The number of hydrogen-bond acceptors (Lipinski definition) is 7. The van der Waals surface area contributed by atoms with Crippen molar-refractivity contribution in [2.45, 2.75) is 13.0 Å². The molecule has 0 saturated carbocycles. The maximum atomic E-state index is 13.1. The first-order valence-electron chi connectivity index (χ1n) is 11.7. The molecular formula is C26H28N4O4S. The van der Waals surface area contributed by atoms with Crippen molar-refractivity contribution < 1.29 is 19.1 Å². The number of anilines is 2. The van der Waals surface area contributed by atoms with Gasteiger partial charge in [0.05, 0.1) is 31.9 Å². The molecule has 35 heavy (non-hydrogen) atoms. The zero-order valence-electron chi connectivity index (χ0n) is 19.6. The molecule has 2 fully saturated rings. The number of morpholine rings is 1. The van der Waals surface area contributed by atoms with Gasteiger partial charge in [-0.15, -0.1) is 0 Å². The van der Waals surface area contributed by atoms with Gasteiger partial charge in [-0.3, -0.25) is 14.5 Å². The van der Waals surface area contributed by atoms with Crippen LogP contribution in [0.15, 0.2) is 54.6 Å². The van der Waals surface area contributed by atoms with Crippen LogP contribution in [0.1, 0.15) is 11.3 Å². The number of aromatic nitrogens is 1. The predicted octanol–water partition coefficient (Wildman–Crippen LogP) is 3.64. The first kappa shape index (κ1) is 23.5. The highest BCUT2D eigenvalue weighted by molar-refractivity contribution is 7.16. The summed E-state index contributed by atoms with van der Waals surface area (Å²) in [6.45, 7) is 4.30. The van der Waals surface area contributed by atoms with Crippen molar-refractivity contribution in [3.63, 3.8) is 0 Å².